The molecule has 1 aromatic carbocycles. The minimum Gasteiger partial charge on any atom is -0.396 e. The van der Waals surface area contributed by atoms with Gasteiger partial charge in [0, 0.05) is 18.0 Å². The summed E-state index contributed by atoms with van der Waals surface area (Å²) in [5, 5.41) is 13.6. The molecule has 0 spiro atoms. The van der Waals surface area contributed by atoms with Gasteiger partial charge < -0.3 is 10.4 Å². The number of aromatic nitrogens is 1. The van der Waals surface area contributed by atoms with Crippen LogP contribution in [0.3, 0.4) is 0 Å². The molecule has 0 aliphatic carbocycles. The topological polar surface area (TPSA) is 62.2 Å². The number of nitrogens with one attached hydrogen (secondary N) is 1. The van der Waals surface area contributed by atoms with E-state index in [1.807, 2.05) is 31.2 Å². The molecule has 2 aromatic rings. The number of rotatable bonds is 4. The van der Waals surface area contributed by atoms with Gasteiger partial charge >= 0.3 is 0 Å². The molecule has 0 saturated carbocycles. The number of hydrogen-bond donors (Lipinski definition) is 2. The SMILES string of the molecule is CC(CCO)NC(=O)c1cc2ccccc2c(Cl)n1. The molecule has 0 radical (unpaired) electrons. The van der Waals surface area contributed by atoms with E-state index in [4.69, 9.17) is 16.7 Å². The summed E-state index contributed by atoms with van der Waals surface area (Å²) >= 11 is 6.07. The summed E-state index contributed by atoms with van der Waals surface area (Å²) in [6, 6.07) is 9.11. The van der Waals surface area contributed by atoms with E-state index in [0.29, 0.717) is 11.6 Å². The van der Waals surface area contributed by atoms with Crippen molar-refractivity contribution >= 4 is 28.3 Å². The van der Waals surface area contributed by atoms with Gasteiger partial charge in [-0.25, -0.2) is 4.98 Å². The molecule has 0 saturated heterocycles. The van der Waals surface area contributed by atoms with Gasteiger partial charge in [0.1, 0.15) is 10.8 Å². The van der Waals surface area contributed by atoms with Gasteiger partial charge in [-0.2, -0.15) is 0 Å². The lowest BCUT2D eigenvalue weighted by molar-refractivity contribution is 0.0929. The standard InChI is InChI=1S/C14H15ClN2O2/c1-9(6-7-18)16-14(19)12-8-10-4-2-3-5-11(10)13(15)17-12/h2-5,8-9,18H,6-7H2,1H3,(H,16,19). The van der Waals surface area contributed by atoms with Crippen molar-refractivity contribution in [1.29, 1.82) is 0 Å². The summed E-state index contributed by atoms with van der Waals surface area (Å²) in [6.45, 7) is 1.87. The van der Waals surface area contributed by atoms with Crippen molar-refractivity contribution in [3.8, 4) is 0 Å². The number of amides is 1. The van der Waals surface area contributed by atoms with E-state index in [9.17, 15) is 4.79 Å². The van der Waals surface area contributed by atoms with E-state index in [1.165, 1.54) is 0 Å². The third-order valence-electron chi connectivity index (χ3n) is 2.87. The molecule has 100 valence electrons. The number of fused-ring (bicyclic) bond motifs is 1. The Morgan fingerprint density at radius 3 is 2.95 bits per heavy atom. The Labute approximate surface area is 116 Å². The molecule has 5 heteroatoms. The fourth-order valence-electron chi connectivity index (χ4n) is 1.84. The maximum atomic E-state index is 12.0. The monoisotopic (exact) mass is 278 g/mol. The van der Waals surface area contributed by atoms with Crippen LogP contribution in [0.2, 0.25) is 5.15 Å². The first kappa shape index (κ1) is 13.8. The van der Waals surface area contributed by atoms with Crippen LogP contribution < -0.4 is 5.32 Å². The van der Waals surface area contributed by atoms with Crippen molar-refractivity contribution in [1.82, 2.24) is 10.3 Å². The fourth-order valence-corrected chi connectivity index (χ4v) is 2.10. The highest BCUT2D eigenvalue weighted by Gasteiger charge is 2.13. The van der Waals surface area contributed by atoms with Crippen molar-refractivity contribution in [2.45, 2.75) is 19.4 Å². The molecule has 0 bridgehead atoms. The van der Waals surface area contributed by atoms with E-state index in [-0.39, 0.29) is 24.2 Å². The number of pyridine rings is 1. The number of hydrogen-bond acceptors (Lipinski definition) is 3. The van der Waals surface area contributed by atoms with Crippen LogP contribution >= 0.6 is 11.6 Å². The van der Waals surface area contributed by atoms with Crippen LogP contribution in [-0.4, -0.2) is 28.6 Å². The van der Waals surface area contributed by atoms with Gasteiger partial charge in [-0.1, -0.05) is 35.9 Å². The van der Waals surface area contributed by atoms with Gasteiger partial charge in [0.2, 0.25) is 0 Å². The van der Waals surface area contributed by atoms with Crippen LogP contribution in [0.5, 0.6) is 0 Å². The van der Waals surface area contributed by atoms with Crippen molar-refractivity contribution in [2.75, 3.05) is 6.61 Å². The van der Waals surface area contributed by atoms with Gasteiger partial charge in [-0.05, 0) is 24.8 Å². The zero-order chi connectivity index (χ0) is 13.8. The van der Waals surface area contributed by atoms with Gasteiger partial charge in [-0.15, -0.1) is 0 Å². The third kappa shape index (κ3) is 3.22. The normalized spacial score (nSPS) is 12.4. The molecule has 0 fully saturated rings. The average molecular weight is 279 g/mol. The summed E-state index contributed by atoms with van der Waals surface area (Å²) in [4.78, 5) is 16.1. The summed E-state index contributed by atoms with van der Waals surface area (Å²) in [6.07, 6.45) is 0.507. The second-order valence-corrected chi connectivity index (χ2v) is 4.76. The highest BCUT2D eigenvalue weighted by molar-refractivity contribution is 6.34. The smallest absolute Gasteiger partial charge is 0.270 e. The van der Waals surface area contributed by atoms with Gasteiger partial charge in [0.15, 0.2) is 0 Å². The zero-order valence-electron chi connectivity index (χ0n) is 10.6. The molecule has 0 aliphatic rings. The Morgan fingerprint density at radius 1 is 1.47 bits per heavy atom. The number of nitrogens with zero attached hydrogens (tertiary/aromatic N) is 1. The summed E-state index contributed by atoms with van der Waals surface area (Å²) < 4.78 is 0. The van der Waals surface area contributed by atoms with Crippen LogP contribution in [-0.2, 0) is 0 Å². The first-order valence-electron chi connectivity index (χ1n) is 6.09. The lowest BCUT2D eigenvalue weighted by Gasteiger charge is -2.12. The van der Waals surface area contributed by atoms with E-state index in [0.717, 1.165) is 10.8 Å². The maximum Gasteiger partial charge on any atom is 0.270 e. The van der Waals surface area contributed by atoms with Crippen LogP contribution in [0.1, 0.15) is 23.8 Å². The largest absolute Gasteiger partial charge is 0.396 e. The molecule has 1 heterocycles. The molecule has 1 aromatic heterocycles. The molecule has 0 aliphatic heterocycles. The second-order valence-electron chi connectivity index (χ2n) is 4.41. The van der Waals surface area contributed by atoms with Crippen LogP contribution in [0.25, 0.3) is 10.8 Å². The molecule has 1 unspecified atom stereocenters. The summed E-state index contributed by atoms with van der Waals surface area (Å²) in [5.74, 6) is -0.284. The maximum absolute atomic E-state index is 12.0. The first-order valence-corrected chi connectivity index (χ1v) is 6.46. The van der Waals surface area contributed by atoms with Crippen molar-refractivity contribution < 1.29 is 9.90 Å². The third-order valence-corrected chi connectivity index (χ3v) is 3.15. The summed E-state index contributed by atoms with van der Waals surface area (Å²) in [5.41, 5.74) is 0.286. The van der Waals surface area contributed by atoms with Crippen LogP contribution in [0.15, 0.2) is 30.3 Å². The van der Waals surface area contributed by atoms with Gasteiger partial charge in [0.05, 0.1) is 0 Å². The molecule has 19 heavy (non-hydrogen) atoms. The van der Waals surface area contributed by atoms with E-state index >= 15 is 0 Å². The summed E-state index contributed by atoms with van der Waals surface area (Å²) in [7, 11) is 0. The molecule has 2 N–H and O–H groups in total. The Kier molecular flexibility index (Phi) is 4.35. The quantitative estimate of drug-likeness (QED) is 0.844. The number of aliphatic hydroxyl groups is 1. The van der Waals surface area contributed by atoms with Gasteiger partial charge in [0.25, 0.3) is 5.91 Å². The van der Waals surface area contributed by atoms with Crippen molar-refractivity contribution in [3.05, 3.63) is 41.2 Å². The highest BCUT2D eigenvalue weighted by Crippen LogP contribution is 2.22. The first-order chi connectivity index (χ1) is 9.11. The zero-order valence-corrected chi connectivity index (χ0v) is 11.3. The lowest BCUT2D eigenvalue weighted by atomic mass is 10.1. The Hall–Kier alpha value is -1.65. The number of carbonyl (C=O) groups excluding carboxylic acids is 1. The second kappa shape index (κ2) is 5.99. The van der Waals surface area contributed by atoms with Crippen molar-refractivity contribution in [3.63, 3.8) is 0 Å². The van der Waals surface area contributed by atoms with Crippen LogP contribution in [0, 0.1) is 0 Å². The van der Waals surface area contributed by atoms with Crippen LogP contribution in [0.4, 0.5) is 0 Å². The van der Waals surface area contributed by atoms with E-state index in [2.05, 4.69) is 10.3 Å². The Bertz CT molecular complexity index is 601. The molecule has 4 nitrogen and oxygen atoms in total. The predicted octanol–water partition coefficient (Wildman–Crippen LogP) is 2.39. The van der Waals surface area contributed by atoms with Crippen molar-refractivity contribution in [2.24, 2.45) is 0 Å². The number of halogens is 1. The predicted molar refractivity (Wildman–Crippen MR) is 75.4 cm³/mol. The Balaban J connectivity index is 2.28. The number of benzene rings is 1. The Morgan fingerprint density at radius 2 is 2.21 bits per heavy atom. The van der Waals surface area contributed by atoms with E-state index < -0.39 is 0 Å². The number of carbonyl (C=O) groups is 1. The molecule has 1 amide bonds. The molecule has 2 rings (SSSR count). The highest BCUT2D eigenvalue weighted by atomic mass is 35.5. The lowest BCUT2D eigenvalue weighted by Crippen LogP contribution is -2.33. The minimum absolute atomic E-state index is 0.0351. The average Bonchev–Trinajstić information content (AvgIpc) is 2.39. The molecule has 1 atom stereocenters. The fraction of sp³-hybridized carbons (Fsp3) is 0.286. The molecular weight excluding hydrogens is 264 g/mol. The molecular formula is C14H15ClN2O2. The number of aliphatic hydroxyl groups excluding tert-OH is 1. The minimum atomic E-state index is -0.284. The van der Waals surface area contributed by atoms with E-state index in [1.54, 1.807) is 6.07 Å². The van der Waals surface area contributed by atoms with Gasteiger partial charge in [-0.3, -0.25) is 4.79 Å².